The number of hydrogen-bond donors (Lipinski definition) is 6. The number of nitrogens with one attached hydrogen (secondary N) is 1. The SMILES string of the molecule is CC/C=C\C/C=C\C/C=C\C/C=C\C/C=C\CC(=O)NC(COC1OC(CO)C(O)C(O)C1O)C(O)/C=C/CC/C=C/CC/C=C/CCCC. The maximum absolute atomic E-state index is 12.8. The molecule has 1 saturated heterocycles. The third kappa shape index (κ3) is 22.0. The van der Waals surface area contributed by atoms with E-state index in [0.29, 0.717) is 12.8 Å². The van der Waals surface area contributed by atoms with E-state index in [9.17, 15) is 30.3 Å². The van der Waals surface area contributed by atoms with Crippen LogP contribution in [0.2, 0.25) is 0 Å². The van der Waals surface area contributed by atoms with Crippen LogP contribution in [0, 0.1) is 0 Å². The Labute approximate surface area is 301 Å². The minimum atomic E-state index is -1.59. The number of carbonyl (C=O) groups is 1. The zero-order valence-corrected chi connectivity index (χ0v) is 30.3. The molecule has 9 heteroatoms. The normalized spacial score (nSPS) is 23.4. The zero-order valence-electron chi connectivity index (χ0n) is 30.3. The van der Waals surface area contributed by atoms with Crippen molar-refractivity contribution in [2.24, 2.45) is 0 Å². The summed E-state index contributed by atoms with van der Waals surface area (Å²) in [5.74, 6) is -0.326. The van der Waals surface area contributed by atoms with Gasteiger partial charge in [-0.25, -0.2) is 0 Å². The van der Waals surface area contributed by atoms with Crippen molar-refractivity contribution in [1.82, 2.24) is 5.32 Å². The molecule has 1 fully saturated rings. The van der Waals surface area contributed by atoms with Gasteiger partial charge in [-0.2, -0.15) is 0 Å². The number of aliphatic hydroxyl groups is 5. The van der Waals surface area contributed by atoms with Crippen molar-refractivity contribution in [3.8, 4) is 0 Å². The van der Waals surface area contributed by atoms with Gasteiger partial charge in [-0.15, -0.1) is 0 Å². The molecule has 9 nitrogen and oxygen atoms in total. The molecular formula is C41H65NO8. The molecule has 1 aliphatic rings. The van der Waals surface area contributed by atoms with Crippen molar-refractivity contribution in [2.45, 2.75) is 140 Å². The second-order valence-electron chi connectivity index (χ2n) is 12.3. The second kappa shape index (κ2) is 30.9. The number of allylic oxidation sites excluding steroid dienone is 14. The van der Waals surface area contributed by atoms with Crippen LogP contribution in [0.4, 0.5) is 0 Å². The Kier molecular flexibility index (Phi) is 27.9. The van der Waals surface area contributed by atoms with Crippen molar-refractivity contribution >= 4 is 5.91 Å². The minimum Gasteiger partial charge on any atom is -0.394 e. The van der Waals surface area contributed by atoms with Crippen LogP contribution in [-0.4, -0.2) is 87.5 Å². The number of aliphatic hydroxyl groups excluding tert-OH is 5. The van der Waals surface area contributed by atoms with E-state index in [4.69, 9.17) is 9.47 Å². The first-order valence-corrected chi connectivity index (χ1v) is 18.5. The molecule has 0 aromatic rings. The molecule has 1 heterocycles. The van der Waals surface area contributed by atoms with E-state index in [1.165, 1.54) is 12.8 Å². The summed E-state index contributed by atoms with van der Waals surface area (Å²) in [6, 6.07) is -0.885. The molecule has 1 amide bonds. The molecule has 0 bridgehead atoms. The average molecular weight is 700 g/mol. The fourth-order valence-corrected chi connectivity index (χ4v) is 4.88. The lowest BCUT2D eigenvalue weighted by atomic mass is 9.99. The van der Waals surface area contributed by atoms with Crippen molar-refractivity contribution in [2.75, 3.05) is 13.2 Å². The second-order valence-corrected chi connectivity index (χ2v) is 12.3. The third-order valence-corrected chi connectivity index (χ3v) is 7.90. The predicted molar refractivity (Wildman–Crippen MR) is 202 cm³/mol. The Bertz CT molecular complexity index is 1090. The largest absolute Gasteiger partial charge is 0.394 e. The number of unbranched alkanes of at least 4 members (excludes halogenated alkanes) is 4. The van der Waals surface area contributed by atoms with Gasteiger partial charge in [-0.3, -0.25) is 4.79 Å². The molecule has 282 valence electrons. The predicted octanol–water partition coefficient (Wildman–Crippen LogP) is 6.21. The zero-order chi connectivity index (χ0) is 36.7. The van der Waals surface area contributed by atoms with Gasteiger partial charge in [0.15, 0.2) is 6.29 Å². The molecule has 0 aromatic heterocycles. The maximum Gasteiger partial charge on any atom is 0.224 e. The highest BCUT2D eigenvalue weighted by atomic mass is 16.7. The molecule has 1 aliphatic heterocycles. The van der Waals surface area contributed by atoms with E-state index >= 15 is 0 Å². The number of ether oxygens (including phenoxy) is 2. The van der Waals surface area contributed by atoms with Gasteiger partial charge in [-0.05, 0) is 64.2 Å². The molecule has 50 heavy (non-hydrogen) atoms. The molecule has 0 radical (unpaired) electrons. The third-order valence-electron chi connectivity index (χ3n) is 7.90. The Morgan fingerprint density at radius 1 is 0.700 bits per heavy atom. The van der Waals surface area contributed by atoms with Crippen LogP contribution < -0.4 is 5.32 Å². The molecule has 0 aromatic carbocycles. The van der Waals surface area contributed by atoms with Crippen LogP contribution in [0.1, 0.15) is 97.3 Å². The summed E-state index contributed by atoms with van der Waals surface area (Å²) < 4.78 is 11.1. The summed E-state index contributed by atoms with van der Waals surface area (Å²) in [7, 11) is 0. The van der Waals surface area contributed by atoms with Crippen molar-refractivity contribution in [1.29, 1.82) is 0 Å². The van der Waals surface area contributed by atoms with Crippen molar-refractivity contribution in [3.05, 3.63) is 97.2 Å². The summed E-state index contributed by atoms with van der Waals surface area (Å²) in [5.41, 5.74) is 0. The summed E-state index contributed by atoms with van der Waals surface area (Å²) in [6.45, 7) is 3.47. The number of amides is 1. The first kappa shape index (κ1) is 45.1. The molecule has 0 spiro atoms. The van der Waals surface area contributed by atoms with Gasteiger partial charge in [0.1, 0.15) is 24.4 Å². The van der Waals surface area contributed by atoms with Crippen molar-refractivity contribution in [3.63, 3.8) is 0 Å². The van der Waals surface area contributed by atoms with E-state index in [1.807, 2.05) is 18.2 Å². The smallest absolute Gasteiger partial charge is 0.224 e. The molecule has 7 atom stereocenters. The highest BCUT2D eigenvalue weighted by Crippen LogP contribution is 2.22. The summed E-state index contributed by atoms with van der Waals surface area (Å²) in [5, 5.41) is 53.7. The topological polar surface area (TPSA) is 149 Å². The Morgan fingerprint density at radius 2 is 1.22 bits per heavy atom. The van der Waals surface area contributed by atoms with Gasteiger partial charge in [0.05, 0.1) is 25.4 Å². The Hall–Kier alpha value is -2.89. The maximum atomic E-state index is 12.8. The lowest BCUT2D eigenvalue weighted by molar-refractivity contribution is -0.302. The monoisotopic (exact) mass is 699 g/mol. The van der Waals surface area contributed by atoms with Gasteiger partial charge in [0.2, 0.25) is 5.91 Å². The highest BCUT2D eigenvalue weighted by Gasteiger charge is 2.44. The molecule has 0 saturated carbocycles. The number of rotatable bonds is 27. The van der Waals surface area contributed by atoms with Gasteiger partial charge < -0.3 is 40.3 Å². The van der Waals surface area contributed by atoms with Crippen LogP contribution >= 0.6 is 0 Å². The van der Waals surface area contributed by atoms with E-state index < -0.39 is 49.5 Å². The Balaban J connectivity index is 2.60. The fourth-order valence-electron chi connectivity index (χ4n) is 4.88. The summed E-state index contributed by atoms with van der Waals surface area (Å²) in [4.78, 5) is 12.8. The molecule has 0 aliphatic carbocycles. The van der Waals surface area contributed by atoms with E-state index in [0.717, 1.165) is 51.4 Å². The molecule has 1 rings (SSSR count). The lowest BCUT2D eigenvalue weighted by Gasteiger charge is -2.40. The first-order valence-electron chi connectivity index (χ1n) is 18.5. The van der Waals surface area contributed by atoms with Crippen LogP contribution in [0.3, 0.4) is 0 Å². The van der Waals surface area contributed by atoms with E-state index in [1.54, 1.807) is 12.2 Å². The quantitative estimate of drug-likeness (QED) is 0.0438. The molecule has 6 N–H and O–H groups in total. The summed E-state index contributed by atoms with van der Waals surface area (Å²) >= 11 is 0. The van der Waals surface area contributed by atoms with Crippen LogP contribution in [0.25, 0.3) is 0 Å². The number of hydrogen-bond acceptors (Lipinski definition) is 8. The Morgan fingerprint density at radius 3 is 1.76 bits per heavy atom. The van der Waals surface area contributed by atoms with Crippen LogP contribution in [-0.2, 0) is 14.3 Å². The minimum absolute atomic E-state index is 0.0963. The summed E-state index contributed by atoms with van der Waals surface area (Å²) in [6.07, 6.45) is 36.2. The highest BCUT2D eigenvalue weighted by molar-refractivity contribution is 5.77. The first-order chi connectivity index (χ1) is 24.3. The molecule has 7 unspecified atom stereocenters. The van der Waals surface area contributed by atoms with Gasteiger partial charge in [0, 0.05) is 6.42 Å². The lowest BCUT2D eigenvalue weighted by Crippen LogP contribution is -2.60. The van der Waals surface area contributed by atoms with Gasteiger partial charge in [-0.1, -0.05) is 124 Å². The van der Waals surface area contributed by atoms with E-state index in [-0.39, 0.29) is 18.9 Å². The van der Waals surface area contributed by atoms with E-state index in [2.05, 4.69) is 86.0 Å². The van der Waals surface area contributed by atoms with Gasteiger partial charge >= 0.3 is 0 Å². The van der Waals surface area contributed by atoms with Crippen LogP contribution in [0.5, 0.6) is 0 Å². The van der Waals surface area contributed by atoms with Crippen molar-refractivity contribution < 1.29 is 39.8 Å². The average Bonchev–Trinajstić information content (AvgIpc) is 3.11. The van der Waals surface area contributed by atoms with Crippen LogP contribution in [0.15, 0.2) is 97.2 Å². The standard InChI is InChI=1S/C41H65NO8/c1-3-5-7-9-11-13-15-17-18-19-21-23-25-27-29-31-37(45)42-34(33-49-41-40(48)39(47)38(46)36(32-43)50-41)35(44)30-28-26-24-22-20-16-14-12-10-8-6-4-2/h5,7,10-13,17-18,20-23,27-30,34-36,38-41,43-44,46-48H,3-4,6,8-9,14-16,19,24-26,31-33H2,1-2H3,(H,42,45)/b7-5-,12-10+,13-11-,18-17-,22-20+,23-21-,29-27-,30-28+. The number of carbonyl (C=O) groups excluding carboxylic acids is 1. The fraction of sp³-hybridized carbons (Fsp3) is 0.585. The van der Waals surface area contributed by atoms with Gasteiger partial charge in [0.25, 0.3) is 0 Å². The molecular weight excluding hydrogens is 634 g/mol.